The van der Waals surface area contributed by atoms with Gasteiger partial charge < -0.3 is 9.84 Å². The Balaban J connectivity index is 2.44. The van der Waals surface area contributed by atoms with Gasteiger partial charge in [-0.05, 0) is 34.1 Å². The first kappa shape index (κ1) is 13.5. The van der Waals surface area contributed by atoms with Gasteiger partial charge in [0.25, 0.3) is 0 Å². The summed E-state index contributed by atoms with van der Waals surface area (Å²) in [5.41, 5.74) is -2.13. The first-order valence-electron chi connectivity index (χ1n) is 6.53. The van der Waals surface area contributed by atoms with Crippen LogP contribution in [0.2, 0.25) is 0 Å². The third kappa shape index (κ3) is 1.95. The molecule has 1 aliphatic heterocycles. The fourth-order valence-corrected chi connectivity index (χ4v) is 2.95. The van der Waals surface area contributed by atoms with Crippen LogP contribution < -0.4 is 0 Å². The lowest BCUT2D eigenvalue weighted by atomic mass is 9.81. The van der Waals surface area contributed by atoms with E-state index in [1.807, 2.05) is 27.7 Å². The van der Waals surface area contributed by atoms with E-state index in [0.717, 1.165) is 13.0 Å². The van der Waals surface area contributed by atoms with Crippen molar-refractivity contribution >= 4 is 0 Å². The van der Waals surface area contributed by atoms with Crippen LogP contribution in [0.1, 0.15) is 53.3 Å². The van der Waals surface area contributed by atoms with Crippen molar-refractivity contribution in [2.24, 2.45) is 0 Å². The molecule has 0 radical (unpaired) electrons. The minimum absolute atomic E-state index is 0.360. The van der Waals surface area contributed by atoms with Crippen molar-refractivity contribution in [1.82, 2.24) is 14.8 Å². The molecule has 0 aliphatic carbocycles. The van der Waals surface area contributed by atoms with Gasteiger partial charge in [0.2, 0.25) is 0 Å². The van der Waals surface area contributed by atoms with Gasteiger partial charge >= 0.3 is 0 Å². The van der Waals surface area contributed by atoms with Crippen molar-refractivity contribution in [2.75, 3.05) is 0 Å². The van der Waals surface area contributed by atoms with Crippen LogP contribution in [0.15, 0.2) is 6.33 Å². The highest BCUT2D eigenvalue weighted by Crippen LogP contribution is 2.50. The highest BCUT2D eigenvalue weighted by molar-refractivity contribution is 5.16. The average molecular weight is 253 g/mol. The maximum absolute atomic E-state index is 11.1. The average Bonchev–Trinajstić information content (AvgIpc) is 2.69. The number of aliphatic hydroxyl groups is 1. The molecule has 0 aromatic carbocycles. The largest absolute Gasteiger partial charge is 0.379 e. The van der Waals surface area contributed by atoms with Crippen LogP contribution in [0.25, 0.3) is 0 Å². The smallest absolute Gasteiger partial charge is 0.161 e. The quantitative estimate of drug-likeness (QED) is 0.893. The predicted molar refractivity (Wildman–Crippen MR) is 68.1 cm³/mol. The fraction of sp³-hybridized carbons (Fsp3) is 0.846. The van der Waals surface area contributed by atoms with E-state index >= 15 is 0 Å². The Hall–Kier alpha value is -0.940. The summed E-state index contributed by atoms with van der Waals surface area (Å²) in [6.45, 7) is 10.6. The molecular formula is C13H23N3O2. The molecular weight excluding hydrogens is 230 g/mol. The molecule has 1 N–H and O–H groups in total. The Morgan fingerprint density at radius 2 is 2.06 bits per heavy atom. The second-order valence-corrected chi connectivity index (χ2v) is 6.22. The first-order valence-corrected chi connectivity index (χ1v) is 6.53. The van der Waals surface area contributed by atoms with Gasteiger partial charge in [-0.2, -0.15) is 5.10 Å². The molecule has 2 heterocycles. The molecule has 0 amide bonds. The Bertz CT molecular complexity index is 439. The topological polar surface area (TPSA) is 60.2 Å². The third-order valence-electron chi connectivity index (χ3n) is 3.63. The Morgan fingerprint density at radius 3 is 2.56 bits per heavy atom. The number of aryl methyl sites for hydroxylation is 1. The van der Waals surface area contributed by atoms with E-state index in [0.29, 0.717) is 12.2 Å². The van der Waals surface area contributed by atoms with Gasteiger partial charge in [0.15, 0.2) is 11.4 Å². The Morgan fingerprint density at radius 1 is 1.39 bits per heavy atom. The van der Waals surface area contributed by atoms with E-state index in [9.17, 15) is 5.11 Å². The van der Waals surface area contributed by atoms with Crippen molar-refractivity contribution in [3.8, 4) is 0 Å². The van der Waals surface area contributed by atoms with Crippen molar-refractivity contribution in [3.63, 3.8) is 0 Å². The molecule has 0 saturated carbocycles. The number of ether oxygens (including phenoxy) is 1. The maximum atomic E-state index is 11.1. The lowest BCUT2D eigenvalue weighted by molar-refractivity contribution is -0.134. The number of nitrogens with zero attached hydrogens (tertiary/aromatic N) is 3. The molecule has 1 aromatic rings. The lowest BCUT2D eigenvalue weighted by Crippen LogP contribution is -2.45. The van der Waals surface area contributed by atoms with Crippen LogP contribution in [0, 0.1) is 0 Å². The molecule has 2 rings (SSSR count). The third-order valence-corrected chi connectivity index (χ3v) is 3.63. The zero-order chi connectivity index (χ0) is 13.6. The molecule has 18 heavy (non-hydrogen) atoms. The maximum Gasteiger partial charge on any atom is 0.161 e. The second-order valence-electron chi connectivity index (χ2n) is 6.22. The van der Waals surface area contributed by atoms with E-state index < -0.39 is 11.2 Å². The second kappa shape index (κ2) is 4.03. The van der Waals surface area contributed by atoms with Crippen LogP contribution in [0.3, 0.4) is 0 Å². The van der Waals surface area contributed by atoms with Gasteiger partial charge in [0, 0.05) is 13.0 Å². The molecule has 5 nitrogen and oxygen atoms in total. The molecule has 1 atom stereocenters. The van der Waals surface area contributed by atoms with E-state index in [-0.39, 0.29) is 5.60 Å². The zero-order valence-electron chi connectivity index (χ0n) is 11.9. The molecule has 1 saturated heterocycles. The number of hydrogen-bond donors (Lipinski definition) is 1. The minimum atomic E-state index is -1.10. The van der Waals surface area contributed by atoms with E-state index in [4.69, 9.17) is 4.74 Å². The first-order chi connectivity index (χ1) is 8.22. The Kier molecular flexibility index (Phi) is 3.02. The number of hydrogen-bond acceptors (Lipinski definition) is 4. The van der Waals surface area contributed by atoms with Gasteiger partial charge in [-0.15, -0.1) is 0 Å². The highest BCUT2D eigenvalue weighted by atomic mass is 16.5. The summed E-state index contributed by atoms with van der Waals surface area (Å²) in [5.74, 6) is 0.611. The van der Waals surface area contributed by atoms with Crippen LogP contribution in [-0.4, -0.2) is 31.1 Å². The summed E-state index contributed by atoms with van der Waals surface area (Å²) in [4.78, 5) is 4.27. The summed E-state index contributed by atoms with van der Waals surface area (Å²) in [7, 11) is 0. The summed E-state index contributed by atoms with van der Waals surface area (Å²) < 4.78 is 7.76. The minimum Gasteiger partial charge on any atom is -0.379 e. The van der Waals surface area contributed by atoms with Gasteiger partial charge in [-0.3, -0.25) is 0 Å². The predicted octanol–water partition coefficient (Wildman–Crippen LogP) is 1.85. The summed E-state index contributed by atoms with van der Waals surface area (Å²) in [6, 6.07) is 0. The van der Waals surface area contributed by atoms with Crippen LogP contribution in [-0.2, 0) is 16.9 Å². The molecule has 1 fully saturated rings. The summed E-state index contributed by atoms with van der Waals surface area (Å²) in [5, 5.41) is 15.3. The van der Waals surface area contributed by atoms with Crippen molar-refractivity contribution < 1.29 is 9.84 Å². The monoisotopic (exact) mass is 253 g/mol. The van der Waals surface area contributed by atoms with Gasteiger partial charge in [-0.1, -0.05) is 6.92 Å². The molecule has 1 aliphatic rings. The van der Waals surface area contributed by atoms with Gasteiger partial charge in [0.05, 0.1) is 11.2 Å². The molecule has 1 aromatic heterocycles. The van der Waals surface area contributed by atoms with Crippen LogP contribution in [0.5, 0.6) is 0 Å². The molecule has 0 spiro atoms. The molecule has 102 valence electrons. The zero-order valence-corrected chi connectivity index (χ0v) is 11.9. The van der Waals surface area contributed by atoms with E-state index in [1.165, 1.54) is 6.33 Å². The highest BCUT2D eigenvalue weighted by Gasteiger charge is 2.59. The molecule has 5 heteroatoms. The van der Waals surface area contributed by atoms with Gasteiger partial charge in [0.1, 0.15) is 6.33 Å². The van der Waals surface area contributed by atoms with Gasteiger partial charge in [-0.25, -0.2) is 9.67 Å². The number of aromatic nitrogens is 3. The van der Waals surface area contributed by atoms with Crippen molar-refractivity contribution in [2.45, 2.75) is 70.8 Å². The van der Waals surface area contributed by atoms with E-state index in [1.54, 1.807) is 4.68 Å². The van der Waals surface area contributed by atoms with Crippen molar-refractivity contribution in [3.05, 3.63) is 12.2 Å². The van der Waals surface area contributed by atoms with Crippen LogP contribution >= 0.6 is 0 Å². The normalized spacial score (nSPS) is 29.7. The summed E-state index contributed by atoms with van der Waals surface area (Å²) in [6.07, 6.45) is 2.98. The van der Waals surface area contributed by atoms with Crippen LogP contribution in [0.4, 0.5) is 0 Å². The molecule has 0 bridgehead atoms. The lowest BCUT2D eigenvalue weighted by Gasteiger charge is -2.34. The SMILES string of the molecule is CCCn1ncnc1C1(O)CC(C)(C)OC1(C)C. The number of rotatable bonds is 3. The summed E-state index contributed by atoms with van der Waals surface area (Å²) >= 11 is 0. The standard InChI is InChI=1S/C13H23N3O2/c1-6-7-16-10(14-9-15-16)13(17)8-11(2,3)18-12(13,4)5/h9,17H,6-8H2,1-5H3. The Labute approximate surface area is 108 Å². The molecule has 1 unspecified atom stereocenters. The fourth-order valence-electron chi connectivity index (χ4n) is 2.95. The van der Waals surface area contributed by atoms with Crippen molar-refractivity contribution in [1.29, 1.82) is 0 Å². The van der Waals surface area contributed by atoms with E-state index in [2.05, 4.69) is 17.0 Å².